The summed E-state index contributed by atoms with van der Waals surface area (Å²) in [5.41, 5.74) is 0.977. The van der Waals surface area contributed by atoms with Crippen LogP contribution in [0.1, 0.15) is 18.9 Å². The van der Waals surface area contributed by atoms with Gasteiger partial charge in [0.15, 0.2) is 17.7 Å². The Balaban J connectivity index is 1.57. The van der Waals surface area contributed by atoms with E-state index in [4.69, 9.17) is 11.2 Å². The topological polar surface area (TPSA) is 118 Å². The molecule has 1 amide bonds. The van der Waals surface area contributed by atoms with Gasteiger partial charge < -0.3 is 15.0 Å². The Morgan fingerprint density at radius 2 is 2.13 bits per heavy atom. The number of nitrogens with one attached hydrogen (secondary N) is 3. The third kappa shape index (κ3) is 4.40. The Hall–Kier alpha value is -4.52. The summed E-state index contributed by atoms with van der Waals surface area (Å²) in [5, 5.41) is 6.08. The van der Waals surface area contributed by atoms with Gasteiger partial charge in [-0.15, -0.1) is 6.42 Å². The number of fused-ring (bicyclic) bond motifs is 1. The second-order valence-corrected chi connectivity index (χ2v) is 6.41. The molecule has 0 spiro atoms. The highest BCUT2D eigenvalue weighted by Gasteiger charge is 2.14. The average Bonchev–Trinajstić information content (AvgIpc) is 3.31. The number of anilines is 3. The minimum Gasteiger partial charge on any atom is -0.480 e. The van der Waals surface area contributed by atoms with E-state index in [1.54, 1.807) is 31.5 Å². The summed E-state index contributed by atoms with van der Waals surface area (Å²) in [6.45, 7) is 1.77. The van der Waals surface area contributed by atoms with E-state index in [1.165, 1.54) is 24.7 Å². The lowest BCUT2D eigenvalue weighted by molar-refractivity contribution is -0.111. The lowest BCUT2D eigenvalue weighted by Gasteiger charge is -2.14. The molecule has 3 N–H and O–H groups in total. The van der Waals surface area contributed by atoms with Gasteiger partial charge in [-0.3, -0.25) is 10.1 Å². The van der Waals surface area contributed by atoms with E-state index in [1.807, 2.05) is 5.92 Å². The number of imidazole rings is 1. The van der Waals surface area contributed by atoms with Crippen molar-refractivity contribution in [2.45, 2.75) is 13.0 Å². The van der Waals surface area contributed by atoms with Crippen molar-refractivity contribution in [3.8, 4) is 18.1 Å². The number of pyridine rings is 1. The first-order valence-corrected chi connectivity index (χ1v) is 9.14. The maximum Gasteiger partial charge on any atom is 0.301 e. The highest BCUT2D eigenvalue weighted by Crippen LogP contribution is 2.29. The van der Waals surface area contributed by atoms with E-state index in [0.29, 0.717) is 28.2 Å². The van der Waals surface area contributed by atoms with Crippen molar-refractivity contribution >= 4 is 34.1 Å². The van der Waals surface area contributed by atoms with Gasteiger partial charge in [-0.05, 0) is 31.0 Å². The Morgan fingerprint density at radius 1 is 1.26 bits per heavy atom. The van der Waals surface area contributed by atoms with Crippen molar-refractivity contribution in [2.24, 2.45) is 0 Å². The molecular formula is C21H16FN7O2. The van der Waals surface area contributed by atoms with Gasteiger partial charge in [0, 0.05) is 29.5 Å². The number of hydrogen-bond donors (Lipinski definition) is 3. The van der Waals surface area contributed by atoms with Crippen LogP contribution in [-0.4, -0.2) is 30.8 Å². The monoisotopic (exact) mass is 417 g/mol. The summed E-state index contributed by atoms with van der Waals surface area (Å²) in [5.74, 6) is 2.11. The normalized spacial score (nSPS) is 11.5. The molecule has 0 aliphatic rings. The number of rotatable bonds is 6. The number of H-pyrrole nitrogens is 1. The maximum atomic E-state index is 14.6. The predicted molar refractivity (Wildman–Crippen MR) is 112 cm³/mol. The Labute approximate surface area is 176 Å². The van der Waals surface area contributed by atoms with Crippen LogP contribution in [0.3, 0.4) is 0 Å². The van der Waals surface area contributed by atoms with Crippen molar-refractivity contribution in [1.29, 1.82) is 0 Å². The Kier molecular flexibility index (Phi) is 5.40. The highest BCUT2D eigenvalue weighted by molar-refractivity contribution is 6.04. The standard InChI is InChI=1S/C21H16FN7O2/c1-3-19(30)29-18-9-14-16(10-25-18)26-11-27-21(14)28-13-4-5-17(15(22)8-13)31-12(2)20-23-6-7-24-20/h1,4-12H,2H3,(H,23,24)(H,25,29,30)(H,26,27,28). The number of ether oxygens (including phenoxy) is 1. The summed E-state index contributed by atoms with van der Waals surface area (Å²) < 4.78 is 20.3. The van der Waals surface area contributed by atoms with Gasteiger partial charge in [0.2, 0.25) is 0 Å². The van der Waals surface area contributed by atoms with Gasteiger partial charge in [-0.25, -0.2) is 24.3 Å². The summed E-state index contributed by atoms with van der Waals surface area (Å²) in [6, 6.07) is 6.04. The van der Waals surface area contributed by atoms with E-state index >= 15 is 0 Å². The first kappa shape index (κ1) is 19.8. The van der Waals surface area contributed by atoms with Crippen LogP contribution in [0.4, 0.5) is 21.7 Å². The molecule has 4 rings (SSSR count). The molecule has 0 aliphatic heterocycles. The first-order valence-electron chi connectivity index (χ1n) is 9.14. The molecule has 154 valence electrons. The molecule has 10 heteroatoms. The average molecular weight is 417 g/mol. The van der Waals surface area contributed by atoms with Crippen LogP contribution < -0.4 is 15.4 Å². The van der Waals surface area contributed by atoms with Crippen LogP contribution in [0.5, 0.6) is 5.75 Å². The second-order valence-electron chi connectivity index (χ2n) is 6.41. The second kappa shape index (κ2) is 8.46. The molecule has 3 heterocycles. The number of carbonyl (C=O) groups is 1. The van der Waals surface area contributed by atoms with Crippen LogP contribution >= 0.6 is 0 Å². The SMILES string of the molecule is C#CC(=O)Nc1cc2c(Nc3ccc(OC(C)c4ncc[nH]4)c(F)c3)ncnc2cn1. The van der Waals surface area contributed by atoms with Crippen molar-refractivity contribution in [1.82, 2.24) is 24.9 Å². The van der Waals surface area contributed by atoms with Crippen LogP contribution in [-0.2, 0) is 4.79 Å². The molecule has 0 bridgehead atoms. The van der Waals surface area contributed by atoms with E-state index in [-0.39, 0.29) is 11.6 Å². The van der Waals surface area contributed by atoms with Crippen LogP contribution in [0, 0.1) is 18.2 Å². The summed E-state index contributed by atoms with van der Waals surface area (Å²) in [7, 11) is 0. The van der Waals surface area contributed by atoms with Crippen molar-refractivity contribution in [3.63, 3.8) is 0 Å². The van der Waals surface area contributed by atoms with Gasteiger partial charge in [0.05, 0.1) is 11.7 Å². The molecular weight excluding hydrogens is 401 g/mol. The van der Waals surface area contributed by atoms with Gasteiger partial charge in [-0.1, -0.05) is 0 Å². The number of amides is 1. The van der Waals surface area contributed by atoms with Gasteiger partial charge >= 0.3 is 5.91 Å². The zero-order valence-electron chi connectivity index (χ0n) is 16.3. The fourth-order valence-corrected chi connectivity index (χ4v) is 2.84. The molecule has 1 aromatic carbocycles. The number of carbonyl (C=O) groups excluding carboxylic acids is 1. The smallest absolute Gasteiger partial charge is 0.301 e. The fraction of sp³-hybridized carbons (Fsp3) is 0.0952. The number of halogens is 1. The largest absolute Gasteiger partial charge is 0.480 e. The zero-order valence-corrected chi connectivity index (χ0v) is 16.3. The van der Waals surface area contributed by atoms with Gasteiger partial charge in [0.25, 0.3) is 0 Å². The Bertz CT molecular complexity index is 1280. The molecule has 0 saturated heterocycles. The molecule has 0 saturated carbocycles. The molecule has 1 atom stereocenters. The fourth-order valence-electron chi connectivity index (χ4n) is 2.84. The van der Waals surface area contributed by atoms with Crippen molar-refractivity contribution < 1.29 is 13.9 Å². The predicted octanol–water partition coefficient (Wildman–Crippen LogP) is 3.34. The first-order chi connectivity index (χ1) is 15.0. The highest BCUT2D eigenvalue weighted by atomic mass is 19.1. The molecule has 4 aromatic rings. The quantitative estimate of drug-likeness (QED) is 0.412. The summed E-state index contributed by atoms with van der Waals surface area (Å²) in [6.07, 6.45) is 10.7. The molecule has 1 unspecified atom stereocenters. The number of terminal acetylenes is 1. The van der Waals surface area contributed by atoms with E-state index in [9.17, 15) is 9.18 Å². The van der Waals surface area contributed by atoms with Crippen molar-refractivity contribution in [2.75, 3.05) is 10.6 Å². The van der Waals surface area contributed by atoms with Gasteiger partial charge in [0.1, 0.15) is 23.8 Å². The van der Waals surface area contributed by atoms with Gasteiger partial charge in [-0.2, -0.15) is 0 Å². The third-order valence-electron chi connectivity index (χ3n) is 4.30. The minimum atomic E-state index is -0.625. The van der Waals surface area contributed by atoms with Crippen LogP contribution in [0.2, 0.25) is 0 Å². The lowest BCUT2D eigenvalue weighted by Crippen LogP contribution is -2.09. The molecule has 31 heavy (non-hydrogen) atoms. The molecule has 0 radical (unpaired) electrons. The van der Waals surface area contributed by atoms with Crippen molar-refractivity contribution in [3.05, 3.63) is 60.8 Å². The third-order valence-corrected chi connectivity index (χ3v) is 4.30. The molecule has 0 aliphatic carbocycles. The maximum absolute atomic E-state index is 14.6. The minimum absolute atomic E-state index is 0.0884. The number of nitrogens with zero attached hydrogens (tertiary/aromatic N) is 4. The number of aromatic nitrogens is 5. The van der Waals surface area contributed by atoms with E-state index < -0.39 is 17.8 Å². The van der Waals surface area contributed by atoms with E-state index in [0.717, 1.165) is 0 Å². The summed E-state index contributed by atoms with van der Waals surface area (Å²) in [4.78, 5) is 30.9. The zero-order chi connectivity index (χ0) is 21.8. The van der Waals surface area contributed by atoms with Crippen LogP contribution in [0.15, 0.2) is 49.2 Å². The molecule has 0 fully saturated rings. The number of hydrogen-bond acceptors (Lipinski definition) is 7. The lowest BCUT2D eigenvalue weighted by atomic mass is 10.2. The Morgan fingerprint density at radius 3 is 2.87 bits per heavy atom. The number of aromatic amines is 1. The molecule has 9 nitrogen and oxygen atoms in total. The van der Waals surface area contributed by atoms with E-state index in [2.05, 4.69) is 35.6 Å². The number of benzene rings is 1. The summed E-state index contributed by atoms with van der Waals surface area (Å²) >= 11 is 0. The van der Waals surface area contributed by atoms with Crippen LogP contribution in [0.25, 0.3) is 10.9 Å². The molecule has 3 aromatic heterocycles.